The van der Waals surface area contributed by atoms with Crippen molar-refractivity contribution < 1.29 is 0 Å². The number of benzene rings is 1. The van der Waals surface area contributed by atoms with Crippen LogP contribution in [-0.2, 0) is 13.0 Å². The molecular weight excluding hydrogens is 300 g/mol. The maximum absolute atomic E-state index is 3.74. The van der Waals surface area contributed by atoms with E-state index in [1.165, 1.54) is 65.2 Å². The third kappa shape index (κ3) is 1.95. The Bertz CT molecular complexity index is 623. The predicted molar refractivity (Wildman–Crippen MR) is 82.6 cm³/mol. The first-order chi connectivity index (χ1) is 9.33. The summed E-state index contributed by atoms with van der Waals surface area (Å²) in [6, 6.07) is 5.41. The van der Waals surface area contributed by atoms with E-state index >= 15 is 0 Å². The van der Waals surface area contributed by atoms with Gasteiger partial charge in [-0.25, -0.2) is 0 Å². The van der Waals surface area contributed by atoms with Crippen molar-refractivity contribution in [1.29, 1.82) is 0 Å². The molecule has 1 aromatic carbocycles. The van der Waals surface area contributed by atoms with Crippen LogP contribution in [0.25, 0.3) is 10.9 Å². The number of aromatic nitrogens is 1. The van der Waals surface area contributed by atoms with Crippen molar-refractivity contribution in [3.05, 3.63) is 33.9 Å². The molecule has 1 atom stereocenters. The van der Waals surface area contributed by atoms with Crippen molar-refractivity contribution in [3.63, 3.8) is 0 Å². The summed E-state index contributed by atoms with van der Waals surface area (Å²) in [4.78, 5) is 0. The van der Waals surface area contributed by atoms with Gasteiger partial charge in [0.05, 0.1) is 5.52 Å². The van der Waals surface area contributed by atoms with Crippen LogP contribution in [0.5, 0.6) is 0 Å². The molecule has 3 heterocycles. The number of hydrogen-bond donors (Lipinski definition) is 1. The average Bonchev–Trinajstić information content (AvgIpc) is 2.78. The number of halogens is 1. The Kier molecular flexibility index (Phi) is 2.92. The number of piperidine rings is 1. The average molecular weight is 319 g/mol. The van der Waals surface area contributed by atoms with Crippen LogP contribution in [0, 0.1) is 0 Å². The number of nitrogens with one attached hydrogen (secondary N) is 1. The zero-order valence-corrected chi connectivity index (χ0v) is 12.7. The molecule has 19 heavy (non-hydrogen) atoms. The normalized spacial score (nSPS) is 22.9. The molecule has 0 saturated carbocycles. The van der Waals surface area contributed by atoms with Gasteiger partial charge < -0.3 is 9.88 Å². The summed E-state index contributed by atoms with van der Waals surface area (Å²) < 4.78 is 3.67. The molecule has 1 N–H and O–H groups in total. The Morgan fingerprint density at radius 3 is 3.00 bits per heavy atom. The highest BCUT2D eigenvalue weighted by molar-refractivity contribution is 9.10. The third-order valence-corrected chi connectivity index (χ3v) is 5.21. The fourth-order valence-electron chi connectivity index (χ4n) is 3.66. The largest absolute Gasteiger partial charge is 0.346 e. The number of nitrogens with zero attached hydrogens (tertiary/aromatic N) is 1. The van der Waals surface area contributed by atoms with Crippen molar-refractivity contribution in [2.45, 2.75) is 44.7 Å². The lowest BCUT2D eigenvalue weighted by Crippen LogP contribution is -2.26. The highest BCUT2D eigenvalue weighted by Crippen LogP contribution is 2.36. The summed E-state index contributed by atoms with van der Waals surface area (Å²) in [7, 11) is 0. The fourth-order valence-corrected chi connectivity index (χ4v) is 4.21. The Balaban J connectivity index is 1.87. The van der Waals surface area contributed by atoms with Gasteiger partial charge in [0.25, 0.3) is 0 Å². The topological polar surface area (TPSA) is 17.0 Å². The first-order valence-corrected chi connectivity index (χ1v) is 8.17. The smallest absolute Gasteiger partial charge is 0.0524 e. The minimum Gasteiger partial charge on any atom is -0.346 e. The summed E-state index contributed by atoms with van der Waals surface area (Å²) in [5, 5.41) is 5.08. The predicted octanol–water partition coefficient (Wildman–Crippen LogP) is 4.16. The second kappa shape index (κ2) is 4.64. The SMILES string of the molecule is Brc1cn2c3c(cc(C4CCCCN4)cc13)CCC2. The van der Waals surface area contributed by atoms with Crippen LogP contribution < -0.4 is 5.32 Å². The monoisotopic (exact) mass is 318 g/mol. The molecule has 2 aliphatic heterocycles. The van der Waals surface area contributed by atoms with E-state index in [2.05, 4.69) is 44.1 Å². The van der Waals surface area contributed by atoms with Crippen molar-refractivity contribution >= 4 is 26.8 Å². The van der Waals surface area contributed by atoms with E-state index < -0.39 is 0 Å². The molecule has 100 valence electrons. The van der Waals surface area contributed by atoms with Crippen molar-refractivity contribution in [2.24, 2.45) is 0 Å². The molecule has 1 fully saturated rings. The van der Waals surface area contributed by atoms with E-state index in [1.807, 2.05) is 0 Å². The second-order valence-corrected chi connectivity index (χ2v) is 6.71. The molecule has 1 aromatic heterocycles. The Labute approximate surface area is 122 Å². The van der Waals surface area contributed by atoms with Crippen molar-refractivity contribution in [3.8, 4) is 0 Å². The van der Waals surface area contributed by atoms with Crippen LogP contribution in [0.4, 0.5) is 0 Å². The van der Waals surface area contributed by atoms with Crippen LogP contribution in [0.15, 0.2) is 22.8 Å². The zero-order chi connectivity index (χ0) is 12.8. The molecule has 0 radical (unpaired) electrons. The number of rotatable bonds is 1. The van der Waals surface area contributed by atoms with Gasteiger partial charge in [-0.2, -0.15) is 0 Å². The van der Waals surface area contributed by atoms with Gasteiger partial charge in [0, 0.05) is 28.6 Å². The van der Waals surface area contributed by atoms with Gasteiger partial charge in [-0.05, 0) is 65.4 Å². The number of hydrogen-bond acceptors (Lipinski definition) is 1. The second-order valence-electron chi connectivity index (χ2n) is 5.85. The Morgan fingerprint density at radius 1 is 1.21 bits per heavy atom. The zero-order valence-electron chi connectivity index (χ0n) is 11.1. The first kappa shape index (κ1) is 12.0. The standard InChI is InChI=1S/C16H19BrN2/c17-14-10-19-7-3-4-11-8-12(9-13(14)16(11)19)15-5-1-2-6-18-15/h8-10,15,18H,1-7H2. The summed E-state index contributed by atoms with van der Waals surface area (Å²) in [6.45, 7) is 2.33. The first-order valence-electron chi connectivity index (χ1n) is 7.37. The van der Waals surface area contributed by atoms with E-state index in [0.29, 0.717) is 6.04 Å². The molecule has 0 amide bonds. The van der Waals surface area contributed by atoms with E-state index in [-0.39, 0.29) is 0 Å². The summed E-state index contributed by atoms with van der Waals surface area (Å²) in [5.74, 6) is 0. The number of aryl methyl sites for hydroxylation is 2. The molecule has 2 aromatic rings. The van der Waals surface area contributed by atoms with Gasteiger partial charge in [-0.1, -0.05) is 12.5 Å². The third-order valence-electron chi connectivity index (χ3n) is 4.58. The molecule has 0 aliphatic carbocycles. The van der Waals surface area contributed by atoms with E-state index in [4.69, 9.17) is 0 Å². The van der Waals surface area contributed by atoms with Gasteiger partial charge in [0.2, 0.25) is 0 Å². The lowest BCUT2D eigenvalue weighted by atomic mass is 9.93. The van der Waals surface area contributed by atoms with E-state index in [0.717, 1.165) is 6.54 Å². The molecule has 4 rings (SSSR count). The minimum atomic E-state index is 0.562. The highest BCUT2D eigenvalue weighted by Gasteiger charge is 2.20. The van der Waals surface area contributed by atoms with Crippen molar-refractivity contribution in [2.75, 3.05) is 6.54 Å². The molecule has 1 unspecified atom stereocenters. The van der Waals surface area contributed by atoms with Crippen LogP contribution >= 0.6 is 15.9 Å². The van der Waals surface area contributed by atoms with Crippen LogP contribution in [0.2, 0.25) is 0 Å². The summed E-state index contributed by atoms with van der Waals surface area (Å²) in [6.07, 6.45) is 8.71. The molecule has 3 heteroatoms. The quantitative estimate of drug-likeness (QED) is 0.835. The highest BCUT2D eigenvalue weighted by atomic mass is 79.9. The molecule has 2 aliphatic rings. The molecule has 1 saturated heterocycles. The maximum Gasteiger partial charge on any atom is 0.0524 e. The van der Waals surface area contributed by atoms with Gasteiger partial charge in [0.1, 0.15) is 0 Å². The van der Waals surface area contributed by atoms with Gasteiger partial charge in [-0.3, -0.25) is 0 Å². The van der Waals surface area contributed by atoms with Crippen LogP contribution in [0.3, 0.4) is 0 Å². The van der Waals surface area contributed by atoms with E-state index in [9.17, 15) is 0 Å². The van der Waals surface area contributed by atoms with Gasteiger partial charge >= 0.3 is 0 Å². The Hall–Kier alpha value is -0.800. The molecule has 2 nitrogen and oxygen atoms in total. The fraction of sp³-hybridized carbons (Fsp3) is 0.500. The van der Waals surface area contributed by atoms with Crippen LogP contribution in [0.1, 0.15) is 42.9 Å². The molecule has 0 bridgehead atoms. The van der Waals surface area contributed by atoms with E-state index in [1.54, 1.807) is 0 Å². The summed E-state index contributed by atoms with van der Waals surface area (Å²) in [5.41, 5.74) is 4.48. The Morgan fingerprint density at radius 2 is 2.16 bits per heavy atom. The van der Waals surface area contributed by atoms with Crippen LogP contribution in [-0.4, -0.2) is 11.1 Å². The molecule has 0 spiro atoms. The maximum atomic E-state index is 3.74. The van der Waals surface area contributed by atoms with Crippen molar-refractivity contribution in [1.82, 2.24) is 9.88 Å². The molecular formula is C16H19BrN2. The van der Waals surface area contributed by atoms with Gasteiger partial charge in [0.15, 0.2) is 0 Å². The van der Waals surface area contributed by atoms with Gasteiger partial charge in [-0.15, -0.1) is 0 Å². The lowest BCUT2D eigenvalue weighted by Gasteiger charge is -2.25. The minimum absolute atomic E-state index is 0.562. The summed E-state index contributed by atoms with van der Waals surface area (Å²) >= 11 is 3.74. The lowest BCUT2D eigenvalue weighted by molar-refractivity contribution is 0.412.